The van der Waals surface area contributed by atoms with Gasteiger partial charge in [-0.15, -0.1) is 0 Å². The summed E-state index contributed by atoms with van der Waals surface area (Å²) in [7, 11) is 1.60. The fraction of sp³-hybridized carbons (Fsp3) is 0.250. The van der Waals surface area contributed by atoms with Crippen LogP contribution in [0.15, 0.2) is 42.5 Å². The maximum atomic E-state index is 6.01. The van der Waals surface area contributed by atoms with Crippen molar-refractivity contribution in [3.05, 3.63) is 53.1 Å². The number of nitrogens with two attached hydrogens (primary N) is 1. The highest BCUT2D eigenvalue weighted by atomic mass is 35.5. The topological polar surface area (TPSA) is 53.7 Å². The summed E-state index contributed by atoms with van der Waals surface area (Å²) in [5.74, 6) is 1.96. The quantitative estimate of drug-likeness (QED) is 0.798. The molecule has 2 aromatic rings. The molecule has 0 unspecified atom stereocenters. The second-order valence-electron chi connectivity index (χ2n) is 4.28. The van der Waals surface area contributed by atoms with Crippen LogP contribution in [0.5, 0.6) is 17.2 Å². The second-order valence-corrected chi connectivity index (χ2v) is 4.69. The predicted molar refractivity (Wildman–Crippen MR) is 83.3 cm³/mol. The number of para-hydroxylation sites is 2. The lowest BCUT2D eigenvalue weighted by Gasteiger charge is -2.14. The van der Waals surface area contributed by atoms with Gasteiger partial charge in [-0.05, 0) is 18.2 Å². The number of rotatable bonds is 7. The van der Waals surface area contributed by atoms with E-state index >= 15 is 0 Å². The molecule has 2 aromatic carbocycles. The van der Waals surface area contributed by atoms with Crippen LogP contribution in [0, 0.1) is 0 Å². The summed E-state index contributed by atoms with van der Waals surface area (Å²) in [6.45, 7) is 1.14. The standard InChI is InChI=1S/C16H18ClNO3/c1-19-15-8-4-5-12(11-18)16(15)21-10-9-20-14-7-3-2-6-13(14)17/h2-8H,9-11,18H2,1H3. The van der Waals surface area contributed by atoms with E-state index in [1.54, 1.807) is 13.2 Å². The maximum absolute atomic E-state index is 6.01. The number of hydrogen-bond donors (Lipinski definition) is 1. The minimum absolute atomic E-state index is 0.374. The molecule has 4 nitrogen and oxygen atoms in total. The van der Waals surface area contributed by atoms with Crippen LogP contribution in [0.1, 0.15) is 5.56 Å². The summed E-state index contributed by atoms with van der Waals surface area (Å²) in [4.78, 5) is 0. The van der Waals surface area contributed by atoms with Crippen LogP contribution in [0.2, 0.25) is 5.02 Å². The van der Waals surface area contributed by atoms with Gasteiger partial charge < -0.3 is 19.9 Å². The Morgan fingerprint density at radius 2 is 1.67 bits per heavy atom. The first kappa shape index (κ1) is 15.5. The van der Waals surface area contributed by atoms with Crippen molar-refractivity contribution in [3.63, 3.8) is 0 Å². The van der Waals surface area contributed by atoms with Crippen LogP contribution >= 0.6 is 11.6 Å². The van der Waals surface area contributed by atoms with Crippen molar-refractivity contribution in [2.75, 3.05) is 20.3 Å². The first-order chi connectivity index (χ1) is 10.3. The fourth-order valence-electron chi connectivity index (χ4n) is 1.90. The van der Waals surface area contributed by atoms with Gasteiger partial charge in [0.1, 0.15) is 19.0 Å². The van der Waals surface area contributed by atoms with Gasteiger partial charge in [0.05, 0.1) is 12.1 Å². The Kier molecular flexibility index (Phi) is 5.72. The first-order valence-corrected chi connectivity index (χ1v) is 7.00. The molecular formula is C16H18ClNO3. The molecule has 0 heterocycles. The third kappa shape index (κ3) is 4.03. The molecule has 0 aliphatic carbocycles. The Balaban J connectivity index is 1.93. The SMILES string of the molecule is COc1cccc(CN)c1OCCOc1ccccc1Cl. The maximum Gasteiger partial charge on any atom is 0.165 e. The largest absolute Gasteiger partial charge is 0.493 e. The zero-order chi connectivity index (χ0) is 15.1. The van der Waals surface area contributed by atoms with Gasteiger partial charge in [-0.1, -0.05) is 35.9 Å². The zero-order valence-electron chi connectivity index (χ0n) is 11.8. The van der Waals surface area contributed by atoms with Crippen molar-refractivity contribution in [1.29, 1.82) is 0 Å². The van der Waals surface area contributed by atoms with Crippen molar-refractivity contribution >= 4 is 11.6 Å². The molecule has 0 bridgehead atoms. The van der Waals surface area contributed by atoms with E-state index < -0.39 is 0 Å². The third-order valence-electron chi connectivity index (χ3n) is 2.92. The molecule has 0 saturated carbocycles. The smallest absolute Gasteiger partial charge is 0.165 e. The lowest BCUT2D eigenvalue weighted by Crippen LogP contribution is -2.11. The molecule has 21 heavy (non-hydrogen) atoms. The summed E-state index contributed by atoms with van der Waals surface area (Å²) in [6.07, 6.45) is 0. The van der Waals surface area contributed by atoms with Crippen LogP contribution in [0.4, 0.5) is 0 Å². The zero-order valence-corrected chi connectivity index (χ0v) is 12.6. The van der Waals surface area contributed by atoms with Crippen LogP contribution in [-0.2, 0) is 6.54 Å². The molecule has 0 aromatic heterocycles. The van der Waals surface area contributed by atoms with Crippen molar-refractivity contribution in [1.82, 2.24) is 0 Å². The van der Waals surface area contributed by atoms with Crippen molar-refractivity contribution in [2.45, 2.75) is 6.54 Å². The monoisotopic (exact) mass is 307 g/mol. The molecule has 5 heteroatoms. The van der Waals surface area contributed by atoms with Crippen LogP contribution in [-0.4, -0.2) is 20.3 Å². The number of benzene rings is 2. The number of halogens is 1. The van der Waals surface area contributed by atoms with E-state index in [0.717, 1.165) is 5.56 Å². The van der Waals surface area contributed by atoms with E-state index in [4.69, 9.17) is 31.5 Å². The number of methoxy groups -OCH3 is 1. The van der Waals surface area contributed by atoms with Crippen LogP contribution in [0.3, 0.4) is 0 Å². The summed E-state index contributed by atoms with van der Waals surface area (Å²) in [5.41, 5.74) is 6.60. The Morgan fingerprint density at radius 3 is 2.38 bits per heavy atom. The Morgan fingerprint density at radius 1 is 0.952 bits per heavy atom. The summed E-state index contributed by atoms with van der Waals surface area (Å²) >= 11 is 6.01. The average Bonchev–Trinajstić information content (AvgIpc) is 2.52. The number of ether oxygens (including phenoxy) is 3. The van der Waals surface area contributed by atoms with Gasteiger partial charge in [0.2, 0.25) is 0 Å². The molecule has 0 spiro atoms. The van der Waals surface area contributed by atoms with Gasteiger partial charge in [-0.3, -0.25) is 0 Å². The van der Waals surface area contributed by atoms with E-state index in [1.807, 2.05) is 36.4 Å². The summed E-state index contributed by atoms with van der Waals surface area (Å²) in [6, 6.07) is 13.0. The minimum atomic E-state index is 0.374. The summed E-state index contributed by atoms with van der Waals surface area (Å²) in [5, 5.41) is 0.581. The highest BCUT2D eigenvalue weighted by Gasteiger charge is 2.09. The Labute approximate surface area is 129 Å². The Bertz CT molecular complexity index is 567. The molecular weight excluding hydrogens is 290 g/mol. The van der Waals surface area contributed by atoms with E-state index in [9.17, 15) is 0 Å². The highest BCUT2D eigenvalue weighted by molar-refractivity contribution is 6.32. The molecule has 0 aliphatic heterocycles. The van der Waals surface area contributed by atoms with Gasteiger partial charge in [0, 0.05) is 12.1 Å². The van der Waals surface area contributed by atoms with E-state index in [-0.39, 0.29) is 0 Å². The molecule has 112 valence electrons. The Hall–Kier alpha value is -1.91. The molecule has 0 saturated heterocycles. The molecule has 0 aliphatic rings. The first-order valence-electron chi connectivity index (χ1n) is 6.62. The van der Waals surface area contributed by atoms with Crippen LogP contribution in [0.25, 0.3) is 0 Å². The lowest BCUT2D eigenvalue weighted by atomic mass is 10.2. The molecule has 0 amide bonds. The molecule has 2 rings (SSSR count). The molecule has 2 N–H and O–H groups in total. The van der Waals surface area contributed by atoms with E-state index in [1.165, 1.54) is 0 Å². The van der Waals surface area contributed by atoms with Gasteiger partial charge >= 0.3 is 0 Å². The van der Waals surface area contributed by atoms with Gasteiger partial charge in [-0.25, -0.2) is 0 Å². The predicted octanol–water partition coefficient (Wildman–Crippen LogP) is 3.27. The molecule has 0 fully saturated rings. The highest BCUT2D eigenvalue weighted by Crippen LogP contribution is 2.30. The van der Waals surface area contributed by atoms with E-state index in [2.05, 4.69) is 0 Å². The van der Waals surface area contributed by atoms with Gasteiger partial charge in [-0.2, -0.15) is 0 Å². The van der Waals surface area contributed by atoms with Gasteiger partial charge in [0.25, 0.3) is 0 Å². The molecule has 0 atom stereocenters. The third-order valence-corrected chi connectivity index (χ3v) is 3.24. The lowest BCUT2D eigenvalue weighted by molar-refractivity contribution is 0.210. The van der Waals surface area contributed by atoms with Crippen molar-refractivity contribution < 1.29 is 14.2 Å². The minimum Gasteiger partial charge on any atom is -0.493 e. The van der Waals surface area contributed by atoms with Crippen LogP contribution < -0.4 is 19.9 Å². The van der Waals surface area contributed by atoms with Gasteiger partial charge in [0.15, 0.2) is 11.5 Å². The fourth-order valence-corrected chi connectivity index (χ4v) is 2.09. The van der Waals surface area contributed by atoms with E-state index in [0.29, 0.717) is 42.0 Å². The average molecular weight is 308 g/mol. The normalized spacial score (nSPS) is 10.2. The summed E-state index contributed by atoms with van der Waals surface area (Å²) < 4.78 is 16.6. The molecule has 0 radical (unpaired) electrons. The van der Waals surface area contributed by atoms with Crippen molar-refractivity contribution in [2.24, 2.45) is 5.73 Å². The van der Waals surface area contributed by atoms with Crippen molar-refractivity contribution in [3.8, 4) is 17.2 Å². The number of hydrogen-bond acceptors (Lipinski definition) is 4. The second kappa shape index (κ2) is 7.76.